The van der Waals surface area contributed by atoms with Gasteiger partial charge < -0.3 is 14.8 Å². The van der Waals surface area contributed by atoms with Gasteiger partial charge in [0.25, 0.3) is 0 Å². The summed E-state index contributed by atoms with van der Waals surface area (Å²) < 4.78 is 39.5. The van der Waals surface area contributed by atoms with Crippen LogP contribution >= 0.6 is 22.6 Å². The maximum absolute atomic E-state index is 14.1. The van der Waals surface area contributed by atoms with E-state index >= 15 is 0 Å². The maximum Gasteiger partial charge on any atom is 0.407 e. The average molecular weight is 453 g/mol. The molecule has 24 heavy (non-hydrogen) atoms. The molecule has 0 radical (unpaired) electrons. The summed E-state index contributed by atoms with van der Waals surface area (Å²) >= 11 is 2.25. The first-order valence-corrected chi connectivity index (χ1v) is 9.34. The van der Waals surface area contributed by atoms with Gasteiger partial charge in [0, 0.05) is 9.99 Å². The third-order valence-corrected chi connectivity index (χ3v) is 4.89. The van der Waals surface area contributed by atoms with E-state index in [1.165, 1.54) is 0 Å². The smallest absolute Gasteiger partial charge is 0.407 e. The van der Waals surface area contributed by atoms with E-state index in [9.17, 15) is 13.6 Å². The number of hydrogen-bond acceptors (Lipinski definition) is 3. The van der Waals surface area contributed by atoms with Crippen LogP contribution in [-0.4, -0.2) is 28.8 Å². The molecule has 0 saturated carbocycles. The number of halogens is 3. The molecular weight excluding hydrogens is 431 g/mol. The lowest BCUT2D eigenvalue weighted by Gasteiger charge is -2.36. The summed E-state index contributed by atoms with van der Waals surface area (Å²) in [5.41, 5.74) is -0.523. The Morgan fingerprint density at radius 2 is 2.12 bits per heavy atom. The van der Waals surface area contributed by atoms with Crippen LogP contribution in [0.1, 0.15) is 38.9 Å². The second kappa shape index (κ2) is 7.95. The first kappa shape index (κ1) is 19.4. The van der Waals surface area contributed by atoms with Crippen molar-refractivity contribution in [1.82, 2.24) is 5.32 Å². The van der Waals surface area contributed by atoms with E-state index in [0.717, 1.165) is 22.6 Å². The number of carbonyl (C=O) groups excluding carboxylic acids is 1. The van der Waals surface area contributed by atoms with Gasteiger partial charge in [-0.2, -0.15) is 0 Å². The number of alkyl halides is 1. The van der Waals surface area contributed by atoms with Gasteiger partial charge >= 0.3 is 6.09 Å². The molecule has 2 rings (SSSR count). The van der Waals surface area contributed by atoms with E-state index in [-0.39, 0.29) is 11.5 Å². The molecule has 4 nitrogen and oxygen atoms in total. The lowest BCUT2D eigenvalue weighted by Crippen LogP contribution is -2.47. The van der Waals surface area contributed by atoms with Crippen molar-refractivity contribution in [3.8, 4) is 0 Å². The number of carbonyl (C=O) groups is 1. The van der Waals surface area contributed by atoms with Gasteiger partial charge in [-0.1, -0.05) is 22.6 Å². The SMILES string of the molecule is CC(C)(C)OC(=O)N[C@H]1C[C@@H](CI)CO[C@@H]1c1cc(F)ccc1F. The number of amides is 1. The standard InChI is InChI=1S/C17H22F2INO3/c1-17(2,3)24-16(22)21-14-6-10(8-20)9-23-15(14)12-7-11(18)4-5-13(12)19/h4-5,7,10,14-15H,6,8-9H2,1-3H3,(H,21,22)/t10-,14-,15+/m0/s1. The minimum atomic E-state index is -0.743. The van der Waals surface area contributed by atoms with Crippen molar-refractivity contribution < 1.29 is 23.0 Å². The first-order chi connectivity index (χ1) is 11.2. The monoisotopic (exact) mass is 453 g/mol. The molecule has 0 aromatic heterocycles. The Labute approximate surface area is 154 Å². The number of nitrogens with one attached hydrogen (secondary N) is 1. The van der Waals surface area contributed by atoms with Gasteiger partial charge in [0.1, 0.15) is 23.3 Å². The third-order valence-electron chi connectivity index (χ3n) is 3.65. The Bertz CT molecular complexity index is 592. The number of alkyl carbamates (subject to hydrolysis) is 1. The van der Waals surface area contributed by atoms with E-state index in [1.807, 2.05) is 0 Å². The minimum Gasteiger partial charge on any atom is -0.444 e. The summed E-state index contributed by atoms with van der Waals surface area (Å²) in [6.45, 7) is 5.74. The van der Waals surface area contributed by atoms with Crippen LogP contribution in [0.25, 0.3) is 0 Å². The molecule has 1 aliphatic rings. The fourth-order valence-corrected chi connectivity index (χ4v) is 3.26. The van der Waals surface area contributed by atoms with Crippen molar-refractivity contribution >= 4 is 28.7 Å². The maximum atomic E-state index is 14.1. The fraction of sp³-hybridized carbons (Fsp3) is 0.588. The van der Waals surface area contributed by atoms with Gasteiger partial charge in [-0.05, 0) is 51.3 Å². The largest absolute Gasteiger partial charge is 0.444 e. The van der Waals surface area contributed by atoms with E-state index in [4.69, 9.17) is 9.47 Å². The highest BCUT2D eigenvalue weighted by atomic mass is 127. The van der Waals surface area contributed by atoms with Crippen molar-refractivity contribution in [1.29, 1.82) is 0 Å². The van der Waals surface area contributed by atoms with Crippen molar-refractivity contribution in [3.05, 3.63) is 35.4 Å². The summed E-state index contributed by atoms with van der Waals surface area (Å²) in [6, 6.07) is 2.77. The molecule has 1 fully saturated rings. The molecule has 134 valence electrons. The van der Waals surface area contributed by atoms with Gasteiger partial charge in [-0.25, -0.2) is 13.6 Å². The van der Waals surface area contributed by atoms with E-state index in [0.29, 0.717) is 13.0 Å². The highest BCUT2D eigenvalue weighted by molar-refractivity contribution is 14.1. The average Bonchev–Trinajstić information content (AvgIpc) is 2.48. The fourth-order valence-electron chi connectivity index (χ4n) is 2.65. The van der Waals surface area contributed by atoms with Gasteiger partial charge in [-0.15, -0.1) is 0 Å². The molecule has 1 amide bonds. The Balaban J connectivity index is 2.21. The van der Waals surface area contributed by atoms with Crippen molar-refractivity contribution in [2.24, 2.45) is 5.92 Å². The molecule has 1 N–H and O–H groups in total. The lowest BCUT2D eigenvalue weighted by molar-refractivity contribution is -0.0395. The molecule has 0 unspecified atom stereocenters. The molecule has 1 aromatic carbocycles. The van der Waals surface area contributed by atoms with Crippen LogP contribution in [0.3, 0.4) is 0 Å². The van der Waals surface area contributed by atoms with Crippen LogP contribution in [0.5, 0.6) is 0 Å². The second-order valence-corrected chi connectivity index (χ2v) is 7.81. The highest BCUT2D eigenvalue weighted by Crippen LogP contribution is 2.33. The van der Waals surface area contributed by atoms with E-state index in [2.05, 4.69) is 27.9 Å². The van der Waals surface area contributed by atoms with Crippen LogP contribution < -0.4 is 5.32 Å². The van der Waals surface area contributed by atoms with Crippen LogP contribution in [0, 0.1) is 17.6 Å². The van der Waals surface area contributed by atoms with Crippen molar-refractivity contribution in [2.45, 2.75) is 44.9 Å². The van der Waals surface area contributed by atoms with Crippen molar-refractivity contribution in [2.75, 3.05) is 11.0 Å². The van der Waals surface area contributed by atoms with Crippen LogP contribution in [-0.2, 0) is 9.47 Å². The summed E-state index contributed by atoms with van der Waals surface area (Å²) in [4.78, 5) is 12.1. The molecule has 0 aliphatic carbocycles. The quantitative estimate of drug-likeness (QED) is 0.547. The summed E-state index contributed by atoms with van der Waals surface area (Å²) in [7, 11) is 0. The Morgan fingerprint density at radius 3 is 2.75 bits per heavy atom. The third kappa shape index (κ3) is 5.27. The predicted octanol–water partition coefficient (Wildman–Crippen LogP) is 4.37. The van der Waals surface area contributed by atoms with Gasteiger partial charge in [0.15, 0.2) is 0 Å². The second-order valence-electron chi connectivity index (χ2n) is 6.93. The van der Waals surface area contributed by atoms with Gasteiger partial charge in [-0.3, -0.25) is 0 Å². The number of ether oxygens (including phenoxy) is 2. The van der Waals surface area contributed by atoms with Gasteiger partial charge in [0.2, 0.25) is 0 Å². The molecule has 1 heterocycles. The summed E-state index contributed by atoms with van der Waals surface area (Å²) in [5, 5.41) is 2.76. The Hall–Kier alpha value is -0.960. The molecule has 1 aromatic rings. The predicted molar refractivity (Wildman–Crippen MR) is 95.2 cm³/mol. The molecule has 3 atom stereocenters. The zero-order valence-electron chi connectivity index (χ0n) is 13.9. The molecule has 0 bridgehead atoms. The zero-order valence-corrected chi connectivity index (χ0v) is 16.1. The molecule has 1 saturated heterocycles. The lowest BCUT2D eigenvalue weighted by atomic mass is 9.90. The van der Waals surface area contributed by atoms with Gasteiger partial charge in [0.05, 0.1) is 12.6 Å². The van der Waals surface area contributed by atoms with E-state index in [1.54, 1.807) is 20.8 Å². The van der Waals surface area contributed by atoms with Crippen LogP contribution in [0.2, 0.25) is 0 Å². The minimum absolute atomic E-state index is 0.114. The van der Waals surface area contributed by atoms with E-state index < -0.39 is 35.5 Å². The topological polar surface area (TPSA) is 47.6 Å². The highest BCUT2D eigenvalue weighted by Gasteiger charge is 2.35. The first-order valence-electron chi connectivity index (χ1n) is 7.81. The summed E-state index contributed by atoms with van der Waals surface area (Å²) in [5.74, 6) is -0.856. The Morgan fingerprint density at radius 1 is 1.42 bits per heavy atom. The van der Waals surface area contributed by atoms with Crippen LogP contribution in [0.15, 0.2) is 18.2 Å². The van der Waals surface area contributed by atoms with Crippen molar-refractivity contribution in [3.63, 3.8) is 0 Å². The Kier molecular flexibility index (Phi) is 6.41. The normalized spacial score (nSPS) is 24.5. The molecule has 1 aliphatic heterocycles. The summed E-state index contributed by atoms with van der Waals surface area (Å²) in [6.07, 6.45) is -0.720. The van der Waals surface area contributed by atoms with Crippen LogP contribution in [0.4, 0.5) is 13.6 Å². The zero-order chi connectivity index (χ0) is 17.9. The number of rotatable bonds is 3. The molecular formula is C17H22F2INO3. The number of benzene rings is 1. The molecule has 7 heteroatoms. The number of hydrogen-bond donors (Lipinski definition) is 1. The molecule has 0 spiro atoms.